The Morgan fingerprint density at radius 1 is 1.48 bits per heavy atom. The van der Waals surface area contributed by atoms with Crippen LogP contribution in [0.4, 0.5) is 0 Å². The van der Waals surface area contributed by atoms with E-state index in [1.807, 2.05) is 0 Å². The molecule has 2 heterocycles. The predicted octanol–water partition coefficient (Wildman–Crippen LogP) is -2.41. The summed E-state index contributed by atoms with van der Waals surface area (Å²) in [6, 6.07) is 1.15. The highest BCUT2D eigenvalue weighted by molar-refractivity contribution is 8.13. The molecule has 120 valence electrons. The van der Waals surface area contributed by atoms with Crippen LogP contribution < -0.4 is 11.2 Å². The first-order valence-electron chi connectivity index (χ1n) is 5.83. The summed E-state index contributed by atoms with van der Waals surface area (Å²) in [6.45, 7) is -4.25. The van der Waals surface area contributed by atoms with Gasteiger partial charge in [0.2, 0.25) is 0 Å². The van der Waals surface area contributed by atoms with Gasteiger partial charge in [-0.05, 0) is 11.2 Å². The van der Waals surface area contributed by atoms with Crippen molar-refractivity contribution in [2.45, 2.75) is 24.9 Å². The number of aliphatic hydroxyl groups excluding tert-OH is 1. The van der Waals surface area contributed by atoms with Gasteiger partial charge in [0, 0.05) is 18.7 Å². The summed E-state index contributed by atoms with van der Waals surface area (Å²) in [7, 11) is 0. The van der Waals surface area contributed by atoms with Gasteiger partial charge in [-0.3, -0.25) is 14.3 Å². The number of rotatable bonds is 4. The van der Waals surface area contributed by atoms with Crippen LogP contribution in [0.1, 0.15) is 12.6 Å². The van der Waals surface area contributed by atoms with E-state index in [0.717, 1.165) is 10.6 Å². The van der Waals surface area contributed by atoms with Crippen LogP contribution in [0, 0.1) is 0 Å². The SMILES string of the molecule is O=c1ccn([C@H]2C[C@H](O)[C@@H](CO[SH]=P(O)(O)O)O2)c(=O)[nH]1. The Bertz CT molecular complexity index is 658. The predicted molar refractivity (Wildman–Crippen MR) is 74.1 cm³/mol. The van der Waals surface area contributed by atoms with Crippen LogP contribution in [0.5, 0.6) is 0 Å². The fourth-order valence-corrected chi connectivity index (χ4v) is 2.91. The number of ether oxygens (including phenoxy) is 1. The van der Waals surface area contributed by atoms with Gasteiger partial charge in [0.15, 0.2) is 0 Å². The topological polar surface area (TPSA) is 154 Å². The maximum absolute atomic E-state index is 11.6. The minimum absolute atomic E-state index is 0.106. The molecule has 1 aliphatic heterocycles. The lowest BCUT2D eigenvalue weighted by Gasteiger charge is -2.15. The van der Waals surface area contributed by atoms with E-state index >= 15 is 0 Å². The Kier molecular flexibility index (Phi) is 5.17. The van der Waals surface area contributed by atoms with Gasteiger partial charge in [-0.15, -0.1) is 0 Å². The molecule has 10 nitrogen and oxygen atoms in total. The molecule has 5 N–H and O–H groups in total. The molecule has 1 aromatic rings. The van der Waals surface area contributed by atoms with Crippen molar-refractivity contribution in [1.82, 2.24) is 9.55 Å². The van der Waals surface area contributed by atoms with E-state index in [1.165, 1.54) is 6.20 Å². The van der Waals surface area contributed by atoms with Gasteiger partial charge in [0.25, 0.3) is 12.3 Å². The molecule has 1 aliphatic rings. The summed E-state index contributed by atoms with van der Waals surface area (Å²) >= 11 is -0.411. The molecule has 21 heavy (non-hydrogen) atoms. The van der Waals surface area contributed by atoms with Crippen molar-refractivity contribution >= 4 is 17.9 Å². The quantitative estimate of drug-likeness (QED) is 0.261. The van der Waals surface area contributed by atoms with E-state index in [4.69, 9.17) is 23.6 Å². The third kappa shape index (κ3) is 4.59. The second-order valence-corrected chi connectivity index (χ2v) is 7.96. The Hall–Kier alpha value is -0.780. The third-order valence-corrected chi connectivity index (χ3v) is 4.26. The molecule has 0 bridgehead atoms. The highest BCUT2D eigenvalue weighted by Gasteiger charge is 2.35. The molecule has 1 aromatic heterocycles. The van der Waals surface area contributed by atoms with Crippen LogP contribution in [-0.2, 0) is 20.1 Å². The normalized spacial score (nSPS) is 26.2. The largest absolute Gasteiger partial charge is 0.390 e. The van der Waals surface area contributed by atoms with E-state index in [0.29, 0.717) is 0 Å². The zero-order valence-electron chi connectivity index (χ0n) is 10.6. The van der Waals surface area contributed by atoms with Gasteiger partial charge < -0.3 is 28.7 Å². The van der Waals surface area contributed by atoms with Crippen molar-refractivity contribution < 1.29 is 28.7 Å². The number of hydrogen-bond donors (Lipinski definition) is 6. The van der Waals surface area contributed by atoms with Crippen LogP contribution in [0.15, 0.2) is 21.9 Å². The Balaban J connectivity index is 2.04. The second kappa shape index (κ2) is 6.55. The first kappa shape index (κ1) is 16.6. The molecule has 12 heteroatoms. The van der Waals surface area contributed by atoms with Gasteiger partial charge in [-0.25, -0.2) is 4.79 Å². The van der Waals surface area contributed by atoms with Crippen molar-refractivity contribution in [2.24, 2.45) is 0 Å². The van der Waals surface area contributed by atoms with Crippen molar-refractivity contribution in [3.8, 4) is 0 Å². The highest BCUT2D eigenvalue weighted by Crippen LogP contribution is 2.32. The summed E-state index contributed by atoms with van der Waals surface area (Å²) in [5.74, 6) is 0. The van der Waals surface area contributed by atoms with E-state index in [9.17, 15) is 14.7 Å². The van der Waals surface area contributed by atoms with Crippen molar-refractivity contribution in [3.63, 3.8) is 0 Å². The van der Waals surface area contributed by atoms with Gasteiger partial charge in [0.05, 0.1) is 12.7 Å². The number of aromatic amines is 1. The summed E-state index contributed by atoms with van der Waals surface area (Å²) in [6.07, 6.45) is -1.15. The van der Waals surface area contributed by atoms with Crippen molar-refractivity contribution in [3.05, 3.63) is 33.1 Å². The average molecular weight is 342 g/mol. The first-order valence-corrected chi connectivity index (χ1v) is 8.99. The summed E-state index contributed by atoms with van der Waals surface area (Å²) < 4.78 is 11.4. The fraction of sp³-hybridized carbons (Fsp3) is 0.556. The molecule has 0 saturated carbocycles. The molecule has 1 saturated heterocycles. The van der Waals surface area contributed by atoms with Crippen molar-refractivity contribution in [1.29, 1.82) is 0 Å². The molecule has 0 spiro atoms. The van der Waals surface area contributed by atoms with E-state index in [1.54, 1.807) is 0 Å². The number of nitrogens with zero attached hydrogens (tertiary/aromatic N) is 1. The van der Waals surface area contributed by atoms with Gasteiger partial charge in [0.1, 0.15) is 12.3 Å². The van der Waals surface area contributed by atoms with Gasteiger partial charge >= 0.3 is 5.69 Å². The molecular weight excluding hydrogens is 327 g/mol. The number of nitrogens with one attached hydrogen (secondary N) is 1. The van der Waals surface area contributed by atoms with Crippen molar-refractivity contribution in [2.75, 3.05) is 6.61 Å². The van der Waals surface area contributed by atoms with Crippen LogP contribution >= 0.6 is 6.72 Å². The van der Waals surface area contributed by atoms with E-state index in [2.05, 4.69) is 4.98 Å². The molecule has 0 unspecified atom stereocenters. The summed E-state index contributed by atoms with van der Waals surface area (Å²) in [4.78, 5) is 50.9. The standard InChI is InChI=1S/C9H15N2O8PS/c12-5-3-8(11-2-1-7(13)10-9(11)14)19-6(5)4-18-21-20(15,16)17/h1-2,5-6,8,12,15-17,21H,3-4H2,(H,10,13,14)/t5-,6+,8+/m0/s1. The number of aromatic nitrogens is 2. The Labute approximate surface area is 121 Å². The van der Waals surface area contributed by atoms with Gasteiger partial charge in [-0.2, -0.15) is 0 Å². The fourth-order valence-electron chi connectivity index (χ4n) is 1.87. The van der Waals surface area contributed by atoms with Crippen LogP contribution in [-0.4, -0.2) is 48.2 Å². The third-order valence-electron chi connectivity index (χ3n) is 2.77. The number of H-pyrrole nitrogens is 1. The first-order chi connectivity index (χ1) is 9.76. The average Bonchev–Trinajstić information content (AvgIpc) is 2.69. The Morgan fingerprint density at radius 2 is 2.19 bits per heavy atom. The lowest BCUT2D eigenvalue weighted by atomic mass is 10.2. The van der Waals surface area contributed by atoms with Crippen LogP contribution in [0.3, 0.4) is 0 Å². The minimum atomic E-state index is -4.06. The second-order valence-electron chi connectivity index (χ2n) is 4.36. The number of aliphatic hydroxyl groups is 1. The molecule has 3 atom stereocenters. The lowest BCUT2D eigenvalue weighted by molar-refractivity contribution is -0.0379. The molecule has 1 fully saturated rings. The molecule has 0 aromatic carbocycles. The van der Waals surface area contributed by atoms with Crippen LogP contribution in [0.2, 0.25) is 0 Å². The van der Waals surface area contributed by atoms with Gasteiger partial charge in [-0.1, -0.05) is 0 Å². The number of thiol groups is 1. The van der Waals surface area contributed by atoms with E-state index < -0.39 is 47.6 Å². The summed E-state index contributed by atoms with van der Waals surface area (Å²) in [5.41, 5.74) is -1.20. The zero-order valence-corrected chi connectivity index (χ0v) is 12.4. The molecule has 0 amide bonds. The molecule has 0 radical (unpaired) electrons. The minimum Gasteiger partial charge on any atom is -0.390 e. The molecule has 0 aliphatic carbocycles. The maximum atomic E-state index is 11.6. The number of hydrogen-bond acceptors (Lipinski definition) is 5. The monoisotopic (exact) mass is 342 g/mol. The maximum Gasteiger partial charge on any atom is 0.330 e. The lowest BCUT2D eigenvalue weighted by Crippen LogP contribution is -2.31. The molecular formula is C9H15N2O8PS. The van der Waals surface area contributed by atoms with Crippen LogP contribution in [0.25, 0.3) is 0 Å². The summed E-state index contributed by atoms with van der Waals surface area (Å²) in [5, 5.41) is 9.82. The highest BCUT2D eigenvalue weighted by atomic mass is 32.5. The molecule has 2 rings (SSSR count). The Morgan fingerprint density at radius 3 is 2.81 bits per heavy atom. The zero-order chi connectivity index (χ0) is 15.6. The smallest absolute Gasteiger partial charge is 0.330 e. The van der Waals surface area contributed by atoms with E-state index in [-0.39, 0.29) is 13.0 Å².